The van der Waals surface area contributed by atoms with Crippen LogP contribution in [0.3, 0.4) is 0 Å². The monoisotopic (exact) mass is 448 g/mol. The van der Waals surface area contributed by atoms with Crippen molar-refractivity contribution < 1.29 is 21.6 Å². The van der Waals surface area contributed by atoms with E-state index in [-0.39, 0.29) is 23.7 Å². The zero-order chi connectivity index (χ0) is 22.4. The summed E-state index contributed by atoms with van der Waals surface area (Å²) < 4.78 is 69.6. The first kappa shape index (κ1) is 21.8. The van der Waals surface area contributed by atoms with Gasteiger partial charge in [-0.2, -0.15) is 9.57 Å². The molecule has 0 N–H and O–H groups in total. The third kappa shape index (κ3) is 3.85. The third-order valence-electron chi connectivity index (χ3n) is 6.46. The van der Waals surface area contributed by atoms with Crippen molar-refractivity contribution >= 4 is 10.0 Å². The van der Waals surface area contributed by atoms with Crippen LogP contribution in [0.2, 0.25) is 0 Å². The molecule has 31 heavy (non-hydrogen) atoms. The number of hydrogen-bond acceptors (Lipinski definition) is 3. The van der Waals surface area contributed by atoms with Crippen LogP contribution in [0.5, 0.6) is 0 Å². The van der Waals surface area contributed by atoms with Gasteiger partial charge in [-0.1, -0.05) is 42.5 Å². The quantitative estimate of drug-likeness (QED) is 0.656. The second-order valence-electron chi connectivity index (χ2n) is 8.63. The molecular formula is C23H23F3N2O2S. The zero-order valence-corrected chi connectivity index (χ0v) is 17.9. The summed E-state index contributed by atoms with van der Waals surface area (Å²) in [6.45, 7) is 1.65. The Balaban J connectivity index is 1.60. The van der Waals surface area contributed by atoms with Gasteiger partial charge in [0.25, 0.3) is 5.92 Å². The molecule has 1 heterocycles. The Morgan fingerprint density at radius 2 is 1.81 bits per heavy atom. The van der Waals surface area contributed by atoms with Gasteiger partial charge < -0.3 is 0 Å². The molecule has 2 aromatic carbocycles. The number of nitrogens with zero attached hydrogens (tertiary/aromatic N) is 2. The minimum Gasteiger partial charge on any atom is -0.212 e. The molecule has 1 saturated carbocycles. The lowest BCUT2D eigenvalue weighted by Crippen LogP contribution is -2.48. The summed E-state index contributed by atoms with van der Waals surface area (Å²) in [4.78, 5) is 0. The largest absolute Gasteiger partial charge is 0.251 e. The summed E-state index contributed by atoms with van der Waals surface area (Å²) in [5, 5.41) is 8.70. The Morgan fingerprint density at radius 3 is 2.39 bits per heavy atom. The summed E-state index contributed by atoms with van der Waals surface area (Å²) in [5.74, 6) is -3.61. The van der Waals surface area contributed by atoms with E-state index in [1.807, 2.05) is 12.1 Å². The van der Waals surface area contributed by atoms with Gasteiger partial charge >= 0.3 is 0 Å². The van der Waals surface area contributed by atoms with Gasteiger partial charge in [0, 0.05) is 31.0 Å². The second kappa shape index (κ2) is 7.64. The molecule has 1 aliphatic heterocycles. The molecule has 0 spiro atoms. The number of nitriles is 1. The SMILES string of the molecule is C[C@H]1CC[C@H](c2ccccc2)S(=O)(=O)N1Cc1ccc(C2(C#N)CC(F)(F)C2)cc1F. The van der Waals surface area contributed by atoms with Crippen molar-refractivity contribution in [3.63, 3.8) is 0 Å². The summed E-state index contributed by atoms with van der Waals surface area (Å²) in [6.07, 6.45) is -0.132. The van der Waals surface area contributed by atoms with Crippen LogP contribution in [0.25, 0.3) is 0 Å². The first-order valence-corrected chi connectivity index (χ1v) is 11.7. The number of hydrogen-bond donors (Lipinski definition) is 0. The first-order chi connectivity index (χ1) is 14.6. The average Bonchev–Trinajstić information content (AvgIpc) is 2.70. The van der Waals surface area contributed by atoms with E-state index in [4.69, 9.17) is 0 Å². The van der Waals surface area contributed by atoms with Gasteiger partial charge in [0.05, 0.1) is 11.5 Å². The highest BCUT2D eigenvalue weighted by atomic mass is 32.2. The Hall–Kier alpha value is -2.37. The highest BCUT2D eigenvalue weighted by Gasteiger charge is 2.58. The molecular weight excluding hydrogens is 425 g/mol. The van der Waals surface area contributed by atoms with E-state index in [0.29, 0.717) is 18.4 Å². The second-order valence-corrected chi connectivity index (χ2v) is 10.7. The average molecular weight is 449 g/mol. The van der Waals surface area contributed by atoms with Gasteiger partial charge in [0.15, 0.2) is 0 Å². The van der Waals surface area contributed by atoms with Crippen LogP contribution < -0.4 is 0 Å². The highest BCUT2D eigenvalue weighted by Crippen LogP contribution is 2.53. The van der Waals surface area contributed by atoms with Gasteiger partial charge in [-0.15, -0.1) is 0 Å². The van der Waals surface area contributed by atoms with Crippen LogP contribution in [0.15, 0.2) is 48.5 Å². The van der Waals surface area contributed by atoms with Crippen LogP contribution in [-0.2, 0) is 22.0 Å². The summed E-state index contributed by atoms with van der Waals surface area (Å²) in [7, 11) is -3.72. The highest BCUT2D eigenvalue weighted by molar-refractivity contribution is 7.89. The van der Waals surface area contributed by atoms with Crippen molar-refractivity contribution in [1.29, 1.82) is 5.26 Å². The molecule has 2 aromatic rings. The maximum atomic E-state index is 14.9. The third-order valence-corrected chi connectivity index (χ3v) is 8.83. The van der Waals surface area contributed by atoms with Crippen molar-refractivity contribution in [3.05, 3.63) is 71.0 Å². The molecule has 2 fully saturated rings. The molecule has 0 bridgehead atoms. The summed E-state index contributed by atoms with van der Waals surface area (Å²) >= 11 is 0. The van der Waals surface area contributed by atoms with Crippen molar-refractivity contribution in [1.82, 2.24) is 4.31 Å². The van der Waals surface area contributed by atoms with E-state index < -0.39 is 45.3 Å². The smallest absolute Gasteiger partial charge is 0.212 e. The van der Waals surface area contributed by atoms with Crippen LogP contribution in [-0.4, -0.2) is 24.7 Å². The standard InChI is InChI=1S/C23H23F3N2O2S/c1-16-7-10-21(17-5-3-2-4-6-17)31(29,30)28(16)12-18-8-9-19(11-20(18)24)22(15-27)13-23(25,26)14-22/h2-6,8-9,11,16,21H,7,10,12-14H2,1H3/t16-,21+/m0/s1. The molecule has 1 saturated heterocycles. The van der Waals surface area contributed by atoms with E-state index in [9.17, 15) is 26.9 Å². The lowest BCUT2D eigenvalue weighted by Gasteiger charge is -2.42. The molecule has 1 aliphatic carbocycles. The molecule has 2 aliphatic rings. The normalized spacial score (nSPS) is 26.5. The molecule has 8 heteroatoms. The molecule has 164 valence electrons. The van der Waals surface area contributed by atoms with Crippen LogP contribution >= 0.6 is 0 Å². The van der Waals surface area contributed by atoms with Crippen LogP contribution in [0.1, 0.15) is 54.5 Å². The lowest BCUT2D eigenvalue weighted by atomic mass is 9.63. The van der Waals surface area contributed by atoms with Gasteiger partial charge in [0.1, 0.15) is 11.1 Å². The van der Waals surface area contributed by atoms with Crippen LogP contribution in [0, 0.1) is 17.1 Å². The number of benzene rings is 2. The predicted octanol–water partition coefficient (Wildman–Crippen LogP) is 5.07. The molecule has 0 radical (unpaired) electrons. The fraction of sp³-hybridized carbons (Fsp3) is 0.435. The summed E-state index contributed by atoms with van der Waals surface area (Å²) in [5.41, 5.74) is -0.325. The van der Waals surface area contributed by atoms with Gasteiger partial charge in [-0.25, -0.2) is 21.6 Å². The fourth-order valence-electron chi connectivity index (χ4n) is 4.67. The maximum absolute atomic E-state index is 14.9. The summed E-state index contributed by atoms with van der Waals surface area (Å²) in [6, 6.07) is 14.6. The van der Waals surface area contributed by atoms with Gasteiger partial charge in [0.2, 0.25) is 10.0 Å². The van der Waals surface area contributed by atoms with E-state index in [1.54, 1.807) is 31.2 Å². The van der Waals surface area contributed by atoms with E-state index in [2.05, 4.69) is 0 Å². The Kier molecular flexibility index (Phi) is 5.39. The lowest BCUT2D eigenvalue weighted by molar-refractivity contribution is -0.109. The molecule has 0 aromatic heterocycles. The Morgan fingerprint density at radius 1 is 1.13 bits per heavy atom. The Bertz CT molecular complexity index is 1120. The minimum atomic E-state index is -3.72. The first-order valence-electron chi connectivity index (χ1n) is 10.2. The van der Waals surface area contributed by atoms with Crippen molar-refractivity contribution in [2.75, 3.05) is 0 Å². The maximum Gasteiger partial charge on any atom is 0.251 e. The molecule has 2 atom stereocenters. The Labute approximate surface area is 180 Å². The van der Waals surface area contributed by atoms with E-state index in [0.717, 1.165) is 6.07 Å². The number of alkyl halides is 2. The number of sulfonamides is 1. The van der Waals surface area contributed by atoms with Crippen LogP contribution in [0.4, 0.5) is 13.2 Å². The molecule has 0 unspecified atom stereocenters. The van der Waals surface area contributed by atoms with Gasteiger partial charge in [-0.3, -0.25) is 0 Å². The van der Waals surface area contributed by atoms with E-state index >= 15 is 0 Å². The molecule has 0 amide bonds. The predicted molar refractivity (Wildman–Crippen MR) is 110 cm³/mol. The van der Waals surface area contributed by atoms with Crippen molar-refractivity contribution in [2.24, 2.45) is 0 Å². The topological polar surface area (TPSA) is 61.2 Å². The molecule has 4 nitrogen and oxygen atoms in total. The van der Waals surface area contributed by atoms with E-state index in [1.165, 1.54) is 16.4 Å². The van der Waals surface area contributed by atoms with Gasteiger partial charge in [-0.05, 0) is 37.0 Å². The van der Waals surface area contributed by atoms with Crippen molar-refractivity contribution in [2.45, 2.75) is 61.8 Å². The molecule has 4 rings (SSSR count). The minimum absolute atomic E-state index is 0.144. The zero-order valence-electron chi connectivity index (χ0n) is 17.1. The van der Waals surface area contributed by atoms with Crippen molar-refractivity contribution in [3.8, 4) is 6.07 Å². The fourth-order valence-corrected chi connectivity index (χ4v) is 6.86. The number of rotatable bonds is 4. The number of halogens is 3.